The lowest BCUT2D eigenvalue weighted by Gasteiger charge is -2.04. The molecule has 8 nitrogen and oxygen atoms in total. The zero-order chi connectivity index (χ0) is 14.1. The summed E-state index contributed by atoms with van der Waals surface area (Å²) in [5, 5.41) is 15.7. The Bertz CT molecular complexity index is 629. The van der Waals surface area contributed by atoms with Crippen molar-refractivity contribution in [3.05, 3.63) is 23.2 Å². The number of nitrogens with zero attached hydrogens (tertiary/aromatic N) is 5. The molecule has 1 fully saturated rings. The van der Waals surface area contributed by atoms with Gasteiger partial charge in [0.05, 0.1) is 12.3 Å². The fourth-order valence-corrected chi connectivity index (χ4v) is 2.07. The molecule has 0 spiro atoms. The van der Waals surface area contributed by atoms with Gasteiger partial charge in [0.2, 0.25) is 11.8 Å². The molecule has 1 aliphatic rings. The average molecular weight is 277 g/mol. The van der Waals surface area contributed by atoms with E-state index in [2.05, 4.69) is 20.5 Å². The molecule has 2 aromatic heterocycles. The number of carbonyl (C=O) groups is 1. The predicted molar refractivity (Wildman–Crippen MR) is 66.1 cm³/mol. The van der Waals surface area contributed by atoms with E-state index in [1.165, 1.54) is 0 Å². The van der Waals surface area contributed by atoms with Crippen molar-refractivity contribution in [3.8, 4) is 0 Å². The summed E-state index contributed by atoms with van der Waals surface area (Å²) in [5.74, 6) is 0.833. The fourth-order valence-electron chi connectivity index (χ4n) is 2.07. The van der Waals surface area contributed by atoms with E-state index in [1.54, 1.807) is 18.5 Å². The van der Waals surface area contributed by atoms with E-state index in [-0.39, 0.29) is 0 Å². The van der Waals surface area contributed by atoms with Crippen molar-refractivity contribution in [2.45, 2.75) is 39.2 Å². The molecule has 0 unspecified atom stereocenters. The molecular weight excluding hydrogens is 262 g/mol. The van der Waals surface area contributed by atoms with Crippen LogP contribution >= 0.6 is 0 Å². The highest BCUT2D eigenvalue weighted by atomic mass is 16.5. The third-order valence-corrected chi connectivity index (χ3v) is 3.06. The summed E-state index contributed by atoms with van der Waals surface area (Å²) in [6.45, 7) is 4.13. The minimum atomic E-state index is -0.428. The maximum Gasteiger partial charge on any atom is 0.360 e. The van der Waals surface area contributed by atoms with Crippen molar-refractivity contribution in [3.63, 3.8) is 0 Å². The van der Waals surface area contributed by atoms with Gasteiger partial charge in [0.15, 0.2) is 5.69 Å². The molecule has 1 saturated carbocycles. The number of ether oxygens (including phenoxy) is 1. The van der Waals surface area contributed by atoms with Crippen LogP contribution in [-0.4, -0.2) is 37.8 Å². The zero-order valence-electron chi connectivity index (χ0n) is 11.4. The highest BCUT2D eigenvalue weighted by molar-refractivity contribution is 5.88. The summed E-state index contributed by atoms with van der Waals surface area (Å²) in [7, 11) is 0. The zero-order valence-corrected chi connectivity index (χ0v) is 11.4. The molecule has 2 aromatic rings. The third kappa shape index (κ3) is 2.40. The first-order valence-corrected chi connectivity index (χ1v) is 6.58. The highest BCUT2D eigenvalue weighted by Crippen LogP contribution is 2.41. The third-order valence-electron chi connectivity index (χ3n) is 3.06. The molecule has 0 saturated heterocycles. The second-order valence-corrected chi connectivity index (χ2v) is 4.69. The van der Waals surface area contributed by atoms with Crippen LogP contribution in [0.3, 0.4) is 0 Å². The van der Waals surface area contributed by atoms with Crippen LogP contribution in [0.1, 0.15) is 53.6 Å². The van der Waals surface area contributed by atoms with Crippen molar-refractivity contribution in [1.82, 2.24) is 25.2 Å². The van der Waals surface area contributed by atoms with Gasteiger partial charge >= 0.3 is 5.97 Å². The van der Waals surface area contributed by atoms with Gasteiger partial charge in [-0.3, -0.25) is 0 Å². The van der Waals surface area contributed by atoms with Crippen LogP contribution in [0.2, 0.25) is 0 Å². The Morgan fingerprint density at radius 2 is 2.20 bits per heavy atom. The smallest absolute Gasteiger partial charge is 0.360 e. The fraction of sp³-hybridized carbons (Fsp3) is 0.583. The second-order valence-electron chi connectivity index (χ2n) is 4.69. The van der Waals surface area contributed by atoms with Crippen molar-refractivity contribution < 1.29 is 13.9 Å². The minimum absolute atomic E-state index is 0.297. The van der Waals surface area contributed by atoms with Crippen molar-refractivity contribution in [2.75, 3.05) is 6.61 Å². The normalized spacial score (nSPS) is 14.5. The highest BCUT2D eigenvalue weighted by Gasteiger charge is 2.34. The number of esters is 1. The molecule has 106 valence electrons. The molecule has 0 N–H and O–H groups in total. The van der Waals surface area contributed by atoms with Crippen molar-refractivity contribution in [1.29, 1.82) is 0 Å². The standard InChI is InChI=1S/C12H15N5O3/c1-3-19-12(18)10-11(8-4-5-8)17(16-15-10)6-9-14-13-7(2)20-9/h8H,3-6H2,1-2H3. The summed E-state index contributed by atoms with van der Waals surface area (Å²) >= 11 is 0. The average Bonchev–Trinajstić information content (AvgIpc) is 3.05. The lowest BCUT2D eigenvalue weighted by molar-refractivity contribution is 0.0518. The lowest BCUT2D eigenvalue weighted by Crippen LogP contribution is -2.11. The van der Waals surface area contributed by atoms with Crippen LogP contribution < -0.4 is 0 Å². The van der Waals surface area contributed by atoms with Gasteiger partial charge in [-0.2, -0.15) is 0 Å². The summed E-state index contributed by atoms with van der Waals surface area (Å²) < 4.78 is 12.0. The van der Waals surface area contributed by atoms with E-state index < -0.39 is 5.97 Å². The number of hydrogen-bond acceptors (Lipinski definition) is 7. The quantitative estimate of drug-likeness (QED) is 0.754. The molecule has 20 heavy (non-hydrogen) atoms. The van der Waals surface area contributed by atoms with Gasteiger partial charge in [-0.1, -0.05) is 5.21 Å². The van der Waals surface area contributed by atoms with Gasteiger partial charge in [-0.05, 0) is 19.8 Å². The maximum atomic E-state index is 11.9. The first-order valence-electron chi connectivity index (χ1n) is 6.58. The van der Waals surface area contributed by atoms with Gasteiger partial charge in [0.25, 0.3) is 0 Å². The first-order chi connectivity index (χ1) is 9.69. The van der Waals surface area contributed by atoms with Crippen LogP contribution in [-0.2, 0) is 11.3 Å². The Kier molecular flexibility index (Phi) is 3.21. The van der Waals surface area contributed by atoms with E-state index in [0.29, 0.717) is 36.5 Å². The van der Waals surface area contributed by atoms with Gasteiger partial charge in [-0.25, -0.2) is 9.48 Å². The Hall–Kier alpha value is -2.25. The number of aryl methyl sites for hydroxylation is 1. The molecule has 8 heteroatoms. The predicted octanol–water partition coefficient (Wildman–Crippen LogP) is 1.07. The monoisotopic (exact) mass is 277 g/mol. The van der Waals surface area contributed by atoms with Gasteiger partial charge in [-0.15, -0.1) is 15.3 Å². The van der Waals surface area contributed by atoms with Crippen LogP contribution in [0, 0.1) is 6.92 Å². The van der Waals surface area contributed by atoms with Crippen LogP contribution in [0.4, 0.5) is 0 Å². The van der Waals surface area contributed by atoms with E-state index in [1.807, 2.05) is 0 Å². The number of carbonyl (C=O) groups excluding carboxylic acids is 1. The van der Waals surface area contributed by atoms with E-state index in [9.17, 15) is 4.79 Å². The lowest BCUT2D eigenvalue weighted by atomic mass is 10.2. The largest absolute Gasteiger partial charge is 0.461 e. The molecule has 2 heterocycles. The van der Waals surface area contributed by atoms with Crippen LogP contribution in [0.15, 0.2) is 4.42 Å². The molecule has 0 atom stereocenters. The molecule has 3 rings (SSSR count). The summed E-state index contributed by atoms with van der Waals surface area (Å²) in [6, 6.07) is 0. The molecule has 0 radical (unpaired) electrons. The second kappa shape index (κ2) is 5.03. The minimum Gasteiger partial charge on any atom is -0.461 e. The Balaban J connectivity index is 1.89. The van der Waals surface area contributed by atoms with E-state index in [4.69, 9.17) is 9.15 Å². The summed E-state index contributed by atoms with van der Waals surface area (Å²) in [5.41, 5.74) is 1.10. The molecule has 0 amide bonds. The number of hydrogen-bond donors (Lipinski definition) is 0. The number of aromatic nitrogens is 5. The molecule has 1 aliphatic carbocycles. The Labute approximate surface area is 115 Å². The number of rotatable bonds is 5. The molecule has 0 bridgehead atoms. The molecule has 0 aliphatic heterocycles. The molecule has 0 aromatic carbocycles. The van der Waals surface area contributed by atoms with Crippen molar-refractivity contribution >= 4 is 5.97 Å². The van der Waals surface area contributed by atoms with Gasteiger partial charge in [0.1, 0.15) is 6.54 Å². The van der Waals surface area contributed by atoms with Gasteiger partial charge < -0.3 is 9.15 Å². The Morgan fingerprint density at radius 3 is 2.80 bits per heavy atom. The van der Waals surface area contributed by atoms with E-state index >= 15 is 0 Å². The summed E-state index contributed by atoms with van der Waals surface area (Å²) in [6.07, 6.45) is 2.06. The Morgan fingerprint density at radius 1 is 1.40 bits per heavy atom. The molecular formula is C12H15N5O3. The van der Waals surface area contributed by atoms with Crippen molar-refractivity contribution in [2.24, 2.45) is 0 Å². The summed E-state index contributed by atoms with van der Waals surface area (Å²) in [4.78, 5) is 11.9. The topological polar surface area (TPSA) is 95.9 Å². The van der Waals surface area contributed by atoms with Gasteiger partial charge in [0, 0.05) is 12.8 Å². The first kappa shape index (κ1) is 12.8. The SMILES string of the molecule is CCOC(=O)c1nnn(Cc2nnc(C)o2)c1C1CC1. The van der Waals surface area contributed by atoms with Crippen LogP contribution in [0.5, 0.6) is 0 Å². The maximum absolute atomic E-state index is 11.9. The van der Waals surface area contributed by atoms with E-state index in [0.717, 1.165) is 18.5 Å². The van der Waals surface area contributed by atoms with Crippen LogP contribution in [0.25, 0.3) is 0 Å².